The second kappa shape index (κ2) is 8.05. The van der Waals surface area contributed by atoms with Crippen molar-refractivity contribution >= 4 is 21.5 Å². The quantitative estimate of drug-likeness (QED) is 0.611. The van der Waals surface area contributed by atoms with Crippen LogP contribution in [0.15, 0.2) is 30.3 Å². The Labute approximate surface area is 130 Å². The lowest BCUT2D eigenvalue weighted by molar-refractivity contribution is -0.116. The lowest BCUT2D eigenvalue weighted by Crippen LogP contribution is -2.30. The Morgan fingerprint density at radius 2 is 1.91 bits per heavy atom. The van der Waals surface area contributed by atoms with Crippen LogP contribution in [0.2, 0.25) is 0 Å². The zero-order valence-corrected chi connectivity index (χ0v) is 13.8. The standard InChI is InChI=1S/C15H21FN2O3S/c1-12(13-5-7-14(16)8-6-13)11-15(19)17-9-4-10-18(2)22(3,20)21/h5-8,11H,4,9-10H2,1-3H3,(H,17,19)/b12-11+. The minimum Gasteiger partial charge on any atom is -0.352 e. The first-order valence-corrected chi connectivity index (χ1v) is 8.68. The van der Waals surface area contributed by atoms with Gasteiger partial charge in [0.2, 0.25) is 15.9 Å². The van der Waals surface area contributed by atoms with Crippen molar-refractivity contribution in [1.82, 2.24) is 9.62 Å². The van der Waals surface area contributed by atoms with Crippen LogP contribution in [0.25, 0.3) is 5.57 Å². The number of allylic oxidation sites excluding steroid dienone is 1. The molecule has 0 spiro atoms. The van der Waals surface area contributed by atoms with Crippen LogP contribution < -0.4 is 5.32 Å². The minimum atomic E-state index is -3.18. The molecule has 1 aromatic rings. The molecule has 0 aliphatic heterocycles. The summed E-state index contributed by atoms with van der Waals surface area (Å²) < 4.78 is 36.4. The zero-order chi connectivity index (χ0) is 16.8. The first-order chi connectivity index (χ1) is 10.2. The van der Waals surface area contributed by atoms with Gasteiger partial charge in [-0.05, 0) is 36.6 Å². The molecule has 0 heterocycles. The van der Waals surface area contributed by atoms with E-state index in [1.807, 2.05) is 0 Å². The molecule has 0 aliphatic rings. The number of sulfonamides is 1. The maximum absolute atomic E-state index is 12.8. The van der Waals surface area contributed by atoms with Crippen molar-refractivity contribution in [3.63, 3.8) is 0 Å². The van der Waals surface area contributed by atoms with Crippen molar-refractivity contribution < 1.29 is 17.6 Å². The smallest absolute Gasteiger partial charge is 0.244 e. The summed E-state index contributed by atoms with van der Waals surface area (Å²) in [7, 11) is -1.69. The number of halogens is 1. The van der Waals surface area contributed by atoms with E-state index in [9.17, 15) is 17.6 Å². The van der Waals surface area contributed by atoms with Gasteiger partial charge >= 0.3 is 0 Å². The van der Waals surface area contributed by atoms with Gasteiger partial charge < -0.3 is 5.32 Å². The number of rotatable bonds is 7. The van der Waals surface area contributed by atoms with Gasteiger partial charge in [-0.15, -0.1) is 0 Å². The summed E-state index contributed by atoms with van der Waals surface area (Å²) in [6, 6.07) is 5.89. The molecule has 0 aromatic heterocycles. The molecule has 1 N–H and O–H groups in total. The molecular weight excluding hydrogens is 307 g/mol. The van der Waals surface area contributed by atoms with Crippen molar-refractivity contribution in [3.05, 3.63) is 41.7 Å². The second-order valence-electron chi connectivity index (χ2n) is 5.06. The molecule has 0 saturated carbocycles. The highest BCUT2D eigenvalue weighted by atomic mass is 32.2. The van der Waals surface area contributed by atoms with Crippen LogP contribution in [0.4, 0.5) is 4.39 Å². The highest BCUT2D eigenvalue weighted by molar-refractivity contribution is 7.88. The fraction of sp³-hybridized carbons (Fsp3) is 0.400. The van der Waals surface area contributed by atoms with Crippen LogP contribution in [0.5, 0.6) is 0 Å². The molecule has 0 radical (unpaired) electrons. The molecule has 7 heteroatoms. The van der Waals surface area contributed by atoms with Gasteiger partial charge in [0.25, 0.3) is 0 Å². The molecule has 22 heavy (non-hydrogen) atoms. The molecular formula is C15H21FN2O3S. The topological polar surface area (TPSA) is 66.5 Å². The Hall–Kier alpha value is -1.73. The average Bonchev–Trinajstić information content (AvgIpc) is 2.42. The van der Waals surface area contributed by atoms with Gasteiger partial charge in [0.1, 0.15) is 5.82 Å². The van der Waals surface area contributed by atoms with Gasteiger partial charge in [0, 0.05) is 26.2 Å². The van der Waals surface area contributed by atoms with Crippen LogP contribution >= 0.6 is 0 Å². The van der Waals surface area contributed by atoms with E-state index in [0.717, 1.165) is 17.4 Å². The molecule has 0 unspecified atom stereocenters. The maximum atomic E-state index is 12.8. The fourth-order valence-electron chi connectivity index (χ4n) is 1.72. The summed E-state index contributed by atoms with van der Waals surface area (Å²) in [5.74, 6) is -0.583. The molecule has 0 aliphatic carbocycles. The van der Waals surface area contributed by atoms with Crippen LogP contribution in [0, 0.1) is 5.82 Å². The average molecular weight is 328 g/mol. The van der Waals surface area contributed by atoms with Crippen molar-refractivity contribution in [2.24, 2.45) is 0 Å². The molecule has 122 valence electrons. The SMILES string of the molecule is C/C(=C\C(=O)NCCCN(C)S(C)(=O)=O)c1ccc(F)cc1. The van der Waals surface area contributed by atoms with Gasteiger partial charge in [-0.2, -0.15) is 0 Å². The molecule has 1 rings (SSSR count). The molecule has 5 nitrogen and oxygen atoms in total. The summed E-state index contributed by atoms with van der Waals surface area (Å²) >= 11 is 0. The highest BCUT2D eigenvalue weighted by Crippen LogP contribution is 2.13. The summed E-state index contributed by atoms with van der Waals surface area (Å²) in [4.78, 5) is 11.7. The summed E-state index contributed by atoms with van der Waals surface area (Å²) in [5.41, 5.74) is 1.50. The van der Waals surface area contributed by atoms with E-state index in [0.29, 0.717) is 19.5 Å². The van der Waals surface area contributed by atoms with Gasteiger partial charge in [-0.25, -0.2) is 17.1 Å². The number of nitrogens with one attached hydrogen (secondary N) is 1. The predicted molar refractivity (Wildman–Crippen MR) is 85.2 cm³/mol. The van der Waals surface area contributed by atoms with Gasteiger partial charge in [0.05, 0.1) is 6.26 Å². The van der Waals surface area contributed by atoms with Gasteiger partial charge in [-0.3, -0.25) is 4.79 Å². The molecule has 0 fully saturated rings. The third-order valence-electron chi connectivity index (χ3n) is 3.16. The summed E-state index contributed by atoms with van der Waals surface area (Å²) in [6.07, 6.45) is 3.10. The monoisotopic (exact) mass is 328 g/mol. The zero-order valence-electron chi connectivity index (χ0n) is 13.0. The molecule has 0 bridgehead atoms. The summed E-state index contributed by atoms with van der Waals surface area (Å²) in [6.45, 7) is 2.50. The number of hydrogen-bond donors (Lipinski definition) is 1. The summed E-state index contributed by atoms with van der Waals surface area (Å²) in [5, 5.41) is 2.69. The van der Waals surface area contributed by atoms with E-state index in [1.54, 1.807) is 19.1 Å². The lowest BCUT2D eigenvalue weighted by Gasteiger charge is -2.13. The normalized spacial score (nSPS) is 12.5. The molecule has 0 saturated heterocycles. The Bertz CT molecular complexity index is 639. The van der Waals surface area contributed by atoms with E-state index in [4.69, 9.17) is 0 Å². The first kappa shape index (κ1) is 18.3. The first-order valence-electron chi connectivity index (χ1n) is 6.83. The van der Waals surface area contributed by atoms with E-state index in [2.05, 4.69) is 5.32 Å². The largest absolute Gasteiger partial charge is 0.352 e. The van der Waals surface area contributed by atoms with E-state index >= 15 is 0 Å². The van der Waals surface area contributed by atoms with Crippen molar-refractivity contribution in [2.75, 3.05) is 26.4 Å². The number of carbonyl (C=O) groups is 1. The Kier molecular flexibility index (Phi) is 6.70. The Morgan fingerprint density at radius 3 is 2.45 bits per heavy atom. The Balaban J connectivity index is 2.43. The van der Waals surface area contributed by atoms with Crippen LogP contribution in [0.1, 0.15) is 18.9 Å². The highest BCUT2D eigenvalue weighted by Gasteiger charge is 2.09. The minimum absolute atomic E-state index is 0.260. The molecule has 1 aromatic carbocycles. The van der Waals surface area contributed by atoms with Crippen molar-refractivity contribution in [1.29, 1.82) is 0 Å². The van der Waals surface area contributed by atoms with Crippen molar-refractivity contribution in [3.8, 4) is 0 Å². The van der Waals surface area contributed by atoms with E-state index < -0.39 is 10.0 Å². The fourth-order valence-corrected chi connectivity index (χ4v) is 2.18. The van der Waals surface area contributed by atoms with Gasteiger partial charge in [-0.1, -0.05) is 12.1 Å². The molecule has 1 amide bonds. The van der Waals surface area contributed by atoms with E-state index in [-0.39, 0.29) is 11.7 Å². The van der Waals surface area contributed by atoms with Crippen LogP contribution in [-0.4, -0.2) is 45.0 Å². The third-order valence-corrected chi connectivity index (χ3v) is 4.48. The van der Waals surface area contributed by atoms with Crippen LogP contribution in [0.3, 0.4) is 0 Å². The maximum Gasteiger partial charge on any atom is 0.244 e. The lowest BCUT2D eigenvalue weighted by atomic mass is 10.1. The number of nitrogens with zero attached hydrogens (tertiary/aromatic N) is 1. The van der Waals surface area contributed by atoms with Crippen molar-refractivity contribution in [2.45, 2.75) is 13.3 Å². The number of carbonyl (C=O) groups excluding carboxylic acids is 1. The number of benzene rings is 1. The Morgan fingerprint density at radius 1 is 1.32 bits per heavy atom. The second-order valence-corrected chi connectivity index (χ2v) is 7.15. The van der Waals surface area contributed by atoms with Crippen LogP contribution in [-0.2, 0) is 14.8 Å². The number of amides is 1. The predicted octanol–water partition coefficient (Wildman–Crippen LogP) is 1.63. The van der Waals surface area contributed by atoms with E-state index in [1.165, 1.54) is 29.6 Å². The van der Waals surface area contributed by atoms with Gasteiger partial charge in [0.15, 0.2) is 0 Å². The number of hydrogen-bond acceptors (Lipinski definition) is 3. The molecule has 0 atom stereocenters. The third kappa shape index (κ3) is 6.36.